The molecule has 0 aromatic heterocycles. The SMILES string of the molecule is COc1ccccc1NC(=O)C(=O)NC[C@H](c1ccc(N(C)C)cc1)N1CCN(C)CC1. The molecule has 2 aromatic rings. The minimum atomic E-state index is -0.713. The molecule has 0 spiro atoms. The van der Waals surface area contributed by atoms with Crippen molar-refractivity contribution in [3.05, 3.63) is 54.1 Å². The number of hydrogen-bond donors (Lipinski definition) is 2. The molecule has 8 nitrogen and oxygen atoms in total. The van der Waals surface area contributed by atoms with Crippen molar-refractivity contribution >= 4 is 23.2 Å². The quantitative estimate of drug-likeness (QED) is 0.641. The van der Waals surface area contributed by atoms with E-state index in [0.717, 1.165) is 37.4 Å². The van der Waals surface area contributed by atoms with Crippen LogP contribution in [0.1, 0.15) is 11.6 Å². The highest BCUT2D eigenvalue weighted by Crippen LogP contribution is 2.25. The van der Waals surface area contributed by atoms with Gasteiger partial charge in [-0.3, -0.25) is 14.5 Å². The smallest absolute Gasteiger partial charge is 0.313 e. The zero-order valence-electron chi connectivity index (χ0n) is 19.3. The Hall–Kier alpha value is -3.10. The first-order valence-corrected chi connectivity index (χ1v) is 10.8. The first kappa shape index (κ1) is 23.6. The van der Waals surface area contributed by atoms with Crippen LogP contribution in [-0.4, -0.2) is 82.6 Å². The Kier molecular flexibility index (Phi) is 8.08. The number of methoxy groups -OCH3 is 1. The number of hydrogen-bond acceptors (Lipinski definition) is 6. The zero-order chi connectivity index (χ0) is 23.1. The summed E-state index contributed by atoms with van der Waals surface area (Å²) in [4.78, 5) is 31.7. The molecular weight excluding hydrogens is 406 g/mol. The summed E-state index contributed by atoms with van der Waals surface area (Å²) in [5.41, 5.74) is 2.70. The Balaban J connectivity index is 1.68. The minimum Gasteiger partial charge on any atom is -0.495 e. The molecule has 0 bridgehead atoms. The molecular formula is C24H33N5O3. The number of carbonyl (C=O) groups is 2. The molecule has 1 heterocycles. The number of nitrogens with zero attached hydrogens (tertiary/aromatic N) is 3. The van der Waals surface area contributed by atoms with Crippen LogP contribution in [0.3, 0.4) is 0 Å². The highest BCUT2D eigenvalue weighted by molar-refractivity contribution is 6.39. The lowest BCUT2D eigenvalue weighted by Crippen LogP contribution is -2.49. The third-order valence-electron chi connectivity index (χ3n) is 5.79. The van der Waals surface area contributed by atoms with Crippen LogP contribution >= 0.6 is 0 Å². The second-order valence-corrected chi connectivity index (χ2v) is 8.21. The number of piperazine rings is 1. The summed E-state index contributed by atoms with van der Waals surface area (Å²) in [6.45, 7) is 4.09. The first-order chi connectivity index (χ1) is 15.4. The average molecular weight is 440 g/mol. The van der Waals surface area contributed by atoms with Gasteiger partial charge in [0.25, 0.3) is 0 Å². The standard InChI is InChI=1S/C24H33N5O3/c1-27(2)19-11-9-18(10-12-19)21(29-15-13-28(3)14-16-29)17-25-23(30)24(31)26-20-7-5-6-8-22(20)32-4/h5-12,21H,13-17H2,1-4H3,(H,25,30)(H,26,31)/t21-/m1/s1. The number of likely N-dealkylation sites (N-methyl/N-ethyl adjacent to an activating group) is 1. The highest BCUT2D eigenvalue weighted by atomic mass is 16.5. The minimum absolute atomic E-state index is 0.0112. The van der Waals surface area contributed by atoms with Gasteiger partial charge in [0.05, 0.1) is 18.8 Å². The van der Waals surface area contributed by atoms with Crippen LogP contribution in [0.4, 0.5) is 11.4 Å². The van der Waals surface area contributed by atoms with Gasteiger partial charge in [0, 0.05) is 52.5 Å². The maximum atomic E-state index is 12.6. The molecule has 8 heteroatoms. The van der Waals surface area contributed by atoms with Crippen molar-refractivity contribution in [2.45, 2.75) is 6.04 Å². The van der Waals surface area contributed by atoms with E-state index in [9.17, 15) is 9.59 Å². The maximum Gasteiger partial charge on any atom is 0.313 e. The number of carbonyl (C=O) groups excluding carboxylic acids is 2. The fraction of sp³-hybridized carbons (Fsp3) is 0.417. The molecule has 1 atom stereocenters. The summed E-state index contributed by atoms with van der Waals surface area (Å²) < 4.78 is 5.24. The average Bonchev–Trinajstić information content (AvgIpc) is 2.80. The molecule has 1 saturated heterocycles. The third kappa shape index (κ3) is 5.99. The van der Waals surface area contributed by atoms with Gasteiger partial charge in [-0.1, -0.05) is 24.3 Å². The molecule has 172 valence electrons. The molecule has 2 aromatic carbocycles. The number of para-hydroxylation sites is 2. The number of amides is 2. The van der Waals surface area contributed by atoms with Crippen molar-refractivity contribution in [3.8, 4) is 5.75 Å². The summed E-state index contributed by atoms with van der Waals surface area (Å²) in [5, 5.41) is 5.46. The Bertz CT molecular complexity index is 908. The largest absolute Gasteiger partial charge is 0.495 e. The summed E-state index contributed by atoms with van der Waals surface area (Å²) >= 11 is 0. The lowest BCUT2D eigenvalue weighted by molar-refractivity contribution is -0.136. The maximum absolute atomic E-state index is 12.6. The second-order valence-electron chi connectivity index (χ2n) is 8.21. The third-order valence-corrected chi connectivity index (χ3v) is 5.79. The predicted octanol–water partition coefficient (Wildman–Crippen LogP) is 1.80. The van der Waals surface area contributed by atoms with E-state index >= 15 is 0 Å². The van der Waals surface area contributed by atoms with Crippen molar-refractivity contribution in [3.63, 3.8) is 0 Å². The topological polar surface area (TPSA) is 77.1 Å². The van der Waals surface area contributed by atoms with Gasteiger partial charge in [-0.2, -0.15) is 0 Å². The Labute approximate surface area is 190 Å². The van der Waals surface area contributed by atoms with E-state index in [1.807, 2.05) is 14.1 Å². The van der Waals surface area contributed by atoms with E-state index in [0.29, 0.717) is 18.0 Å². The van der Waals surface area contributed by atoms with Crippen LogP contribution < -0.4 is 20.3 Å². The van der Waals surface area contributed by atoms with Crippen molar-refractivity contribution in [1.29, 1.82) is 0 Å². The lowest BCUT2D eigenvalue weighted by Gasteiger charge is -2.38. The molecule has 0 radical (unpaired) electrons. The van der Waals surface area contributed by atoms with Crippen LogP contribution in [0.2, 0.25) is 0 Å². The van der Waals surface area contributed by atoms with Gasteiger partial charge in [0.2, 0.25) is 0 Å². The van der Waals surface area contributed by atoms with Crippen LogP contribution in [0, 0.1) is 0 Å². The monoisotopic (exact) mass is 439 g/mol. The van der Waals surface area contributed by atoms with Gasteiger partial charge in [-0.25, -0.2) is 0 Å². The van der Waals surface area contributed by atoms with Gasteiger partial charge in [-0.15, -0.1) is 0 Å². The van der Waals surface area contributed by atoms with Gasteiger partial charge >= 0.3 is 11.8 Å². The molecule has 32 heavy (non-hydrogen) atoms. The van der Waals surface area contributed by atoms with Crippen molar-refractivity contribution in [2.24, 2.45) is 0 Å². The zero-order valence-corrected chi connectivity index (χ0v) is 19.3. The summed E-state index contributed by atoms with van der Waals surface area (Å²) in [7, 11) is 7.65. The molecule has 1 aliphatic rings. The van der Waals surface area contributed by atoms with Crippen LogP contribution in [-0.2, 0) is 9.59 Å². The predicted molar refractivity (Wildman–Crippen MR) is 127 cm³/mol. The van der Waals surface area contributed by atoms with Crippen molar-refractivity contribution in [1.82, 2.24) is 15.1 Å². The van der Waals surface area contributed by atoms with Crippen molar-refractivity contribution in [2.75, 3.05) is 71.2 Å². The molecule has 0 aliphatic carbocycles. The van der Waals surface area contributed by atoms with Crippen molar-refractivity contribution < 1.29 is 14.3 Å². The molecule has 2 amide bonds. The summed E-state index contributed by atoms with van der Waals surface area (Å²) in [5.74, 6) is -0.875. The number of rotatable bonds is 7. The van der Waals surface area contributed by atoms with Gasteiger partial charge in [0.15, 0.2) is 0 Å². The first-order valence-electron chi connectivity index (χ1n) is 10.8. The molecule has 0 saturated carbocycles. The highest BCUT2D eigenvalue weighted by Gasteiger charge is 2.26. The van der Waals surface area contributed by atoms with E-state index in [1.54, 1.807) is 24.3 Å². The summed E-state index contributed by atoms with van der Waals surface area (Å²) in [6.07, 6.45) is 0. The van der Waals surface area contributed by atoms with E-state index in [2.05, 4.69) is 56.6 Å². The fourth-order valence-electron chi connectivity index (χ4n) is 3.78. The Morgan fingerprint density at radius 2 is 1.66 bits per heavy atom. The van der Waals surface area contributed by atoms with E-state index < -0.39 is 11.8 Å². The van der Waals surface area contributed by atoms with Gasteiger partial charge < -0.3 is 25.2 Å². The summed E-state index contributed by atoms with van der Waals surface area (Å²) in [6, 6.07) is 15.3. The molecule has 0 unspecified atom stereocenters. The number of nitrogens with one attached hydrogen (secondary N) is 2. The molecule has 3 rings (SSSR count). The van der Waals surface area contributed by atoms with Gasteiger partial charge in [0.1, 0.15) is 5.75 Å². The van der Waals surface area contributed by atoms with E-state index in [-0.39, 0.29) is 6.04 Å². The fourth-order valence-corrected chi connectivity index (χ4v) is 3.78. The Morgan fingerprint density at radius 3 is 2.28 bits per heavy atom. The Morgan fingerprint density at radius 1 is 1.00 bits per heavy atom. The normalized spacial score (nSPS) is 15.6. The van der Waals surface area contributed by atoms with Gasteiger partial charge in [-0.05, 0) is 36.9 Å². The molecule has 1 fully saturated rings. The van der Waals surface area contributed by atoms with Crippen LogP contribution in [0.5, 0.6) is 5.75 Å². The van der Waals surface area contributed by atoms with E-state index in [4.69, 9.17) is 4.74 Å². The van der Waals surface area contributed by atoms with Crippen LogP contribution in [0.25, 0.3) is 0 Å². The molecule has 1 aliphatic heterocycles. The number of benzene rings is 2. The van der Waals surface area contributed by atoms with Crippen LogP contribution in [0.15, 0.2) is 48.5 Å². The second kappa shape index (κ2) is 11.0. The number of ether oxygens (including phenoxy) is 1. The van der Waals surface area contributed by atoms with E-state index in [1.165, 1.54) is 7.11 Å². The lowest BCUT2D eigenvalue weighted by atomic mass is 10.0. The molecule has 2 N–H and O–H groups in total. The number of anilines is 2.